The van der Waals surface area contributed by atoms with Gasteiger partial charge in [-0.25, -0.2) is 0 Å². The first kappa shape index (κ1) is 18.6. The highest BCUT2D eigenvalue weighted by atomic mass is 16.5. The van der Waals surface area contributed by atoms with Gasteiger partial charge in [-0.2, -0.15) is 4.98 Å². The van der Waals surface area contributed by atoms with Crippen LogP contribution in [-0.4, -0.2) is 34.6 Å². The van der Waals surface area contributed by atoms with Crippen LogP contribution in [0, 0.1) is 6.92 Å². The fraction of sp³-hybridized carbons (Fsp3) is 0.286. The van der Waals surface area contributed by atoms with Gasteiger partial charge in [-0.1, -0.05) is 54.0 Å². The molecule has 0 bridgehead atoms. The maximum atomic E-state index is 12.3. The Morgan fingerprint density at radius 2 is 1.81 bits per heavy atom. The molecule has 3 aromatic rings. The number of hydrogen-bond donors (Lipinski definition) is 0. The van der Waals surface area contributed by atoms with Crippen molar-refractivity contribution >= 4 is 5.91 Å². The Morgan fingerprint density at radius 1 is 1.11 bits per heavy atom. The zero-order valence-corrected chi connectivity index (χ0v) is 15.8. The minimum Gasteiger partial charge on any atom is -0.484 e. The van der Waals surface area contributed by atoms with E-state index in [-0.39, 0.29) is 19.1 Å². The number of carbonyl (C=O) groups excluding carboxylic acids is 1. The molecule has 0 aliphatic rings. The molecular formula is C21H23N3O3. The van der Waals surface area contributed by atoms with E-state index in [0.717, 1.165) is 17.5 Å². The Balaban J connectivity index is 1.54. The maximum Gasteiger partial charge on any atom is 0.260 e. The van der Waals surface area contributed by atoms with Gasteiger partial charge in [-0.05, 0) is 31.0 Å². The molecule has 0 spiro atoms. The third-order valence-electron chi connectivity index (χ3n) is 4.27. The molecule has 0 fully saturated rings. The molecule has 27 heavy (non-hydrogen) atoms. The molecule has 6 heteroatoms. The molecule has 0 aliphatic carbocycles. The minimum atomic E-state index is -0.162. The zero-order chi connectivity index (χ0) is 19.2. The quantitative estimate of drug-likeness (QED) is 0.639. The average Bonchev–Trinajstić information content (AvgIpc) is 3.15. The SMILES string of the molecule is CCc1ccc(OCC(=O)N(C)Cc2nc(-c3ccc(C)cc3)no2)cc1. The van der Waals surface area contributed by atoms with Crippen molar-refractivity contribution in [3.8, 4) is 17.1 Å². The molecule has 0 atom stereocenters. The molecule has 0 N–H and O–H groups in total. The monoisotopic (exact) mass is 365 g/mol. The van der Waals surface area contributed by atoms with Crippen molar-refractivity contribution in [2.24, 2.45) is 0 Å². The Morgan fingerprint density at radius 3 is 2.48 bits per heavy atom. The van der Waals surface area contributed by atoms with Gasteiger partial charge in [0.2, 0.25) is 11.7 Å². The topological polar surface area (TPSA) is 68.5 Å². The molecule has 140 valence electrons. The molecule has 1 amide bonds. The second kappa shape index (κ2) is 8.49. The first-order valence-corrected chi connectivity index (χ1v) is 8.90. The van der Waals surface area contributed by atoms with E-state index in [9.17, 15) is 4.79 Å². The fourth-order valence-corrected chi connectivity index (χ4v) is 2.51. The number of hydrogen-bond acceptors (Lipinski definition) is 5. The largest absolute Gasteiger partial charge is 0.484 e. The van der Waals surface area contributed by atoms with Crippen LogP contribution in [-0.2, 0) is 17.8 Å². The first-order valence-electron chi connectivity index (χ1n) is 8.90. The molecule has 2 aromatic carbocycles. The van der Waals surface area contributed by atoms with Gasteiger partial charge in [-0.15, -0.1) is 0 Å². The van der Waals surface area contributed by atoms with Crippen LogP contribution in [0.25, 0.3) is 11.4 Å². The van der Waals surface area contributed by atoms with E-state index in [1.807, 2.05) is 55.5 Å². The molecule has 0 saturated carbocycles. The number of aryl methyl sites for hydroxylation is 2. The normalized spacial score (nSPS) is 10.6. The van der Waals surface area contributed by atoms with Crippen LogP contribution < -0.4 is 4.74 Å². The predicted molar refractivity (Wildman–Crippen MR) is 102 cm³/mol. The van der Waals surface area contributed by atoms with Crippen molar-refractivity contribution in [1.29, 1.82) is 0 Å². The summed E-state index contributed by atoms with van der Waals surface area (Å²) < 4.78 is 10.8. The molecule has 0 radical (unpaired) electrons. The Hall–Kier alpha value is -3.15. The fourth-order valence-electron chi connectivity index (χ4n) is 2.51. The van der Waals surface area contributed by atoms with Gasteiger partial charge in [0, 0.05) is 12.6 Å². The number of ether oxygens (including phenoxy) is 1. The van der Waals surface area contributed by atoms with E-state index in [4.69, 9.17) is 9.26 Å². The molecule has 0 aliphatic heterocycles. The van der Waals surface area contributed by atoms with E-state index in [0.29, 0.717) is 17.5 Å². The summed E-state index contributed by atoms with van der Waals surface area (Å²) in [6.07, 6.45) is 0.969. The summed E-state index contributed by atoms with van der Waals surface area (Å²) in [6.45, 7) is 4.30. The van der Waals surface area contributed by atoms with Gasteiger partial charge < -0.3 is 14.2 Å². The number of benzene rings is 2. The summed E-state index contributed by atoms with van der Waals surface area (Å²) in [5, 5.41) is 3.98. The van der Waals surface area contributed by atoms with Gasteiger partial charge in [0.15, 0.2) is 6.61 Å². The lowest BCUT2D eigenvalue weighted by atomic mass is 10.1. The summed E-state index contributed by atoms with van der Waals surface area (Å²) >= 11 is 0. The van der Waals surface area contributed by atoms with Gasteiger partial charge >= 0.3 is 0 Å². The number of carbonyl (C=O) groups is 1. The van der Waals surface area contributed by atoms with Crippen LogP contribution in [0.15, 0.2) is 53.1 Å². The summed E-state index contributed by atoms with van der Waals surface area (Å²) in [6, 6.07) is 15.6. The highest BCUT2D eigenvalue weighted by molar-refractivity contribution is 5.77. The maximum absolute atomic E-state index is 12.3. The minimum absolute atomic E-state index is 0.0407. The molecule has 0 unspecified atom stereocenters. The second-order valence-electron chi connectivity index (χ2n) is 6.41. The number of amides is 1. The van der Waals surface area contributed by atoms with Crippen molar-refractivity contribution in [3.63, 3.8) is 0 Å². The third-order valence-corrected chi connectivity index (χ3v) is 4.27. The lowest BCUT2D eigenvalue weighted by Gasteiger charge is -2.15. The lowest BCUT2D eigenvalue weighted by molar-refractivity contribution is -0.132. The van der Waals surface area contributed by atoms with E-state index < -0.39 is 0 Å². The van der Waals surface area contributed by atoms with Crippen LogP contribution >= 0.6 is 0 Å². The molecule has 3 rings (SSSR count). The number of likely N-dealkylation sites (N-methyl/N-ethyl adjacent to an activating group) is 1. The number of aromatic nitrogens is 2. The molecular weight excluding hydrogens is 342 g/mol. The smallest absolute Gasteiger partial charge is 0.260 e. The van der Waals surface area contributed by atoms with Crippen LogP contribution in [0.5, 0.6) is 5.75 Å². The van der Waals surface area contributed by atoms with Crippen molar-refractivity contribution in [2.75, 3.05) is 13.7 Å². The molecule has 1 aromatic heterocycles. The van der Waals surface area contributed by atoms with Crippen molar-refractivity contribution < 1.29 is 14.1 Å². The highest BCUT2D eigenvalue weighted by Crippen LogP contribution is 2.17. The van der Waals surface area contributed by atoms with Gasteiger partial charge in [-0.3, -0.25) is 4.79 Å². The van der Waals surface area contributed by atoms with Gasteiger partial charge in [0.1, 0.15) is 5.75 Å². The standard InChI is InChI=1S/C21H23N3O3/c1-4-16-7-11-18(12-8-16)26-14-20(25)24(3)13-19-22-21(23-27-19)17-9-5-15(2)6-10-17/h5-12H,4,13-14H2,1-3H3. The van der Waals surface area contributed by atoms with Gasteiger partial charge in [0.05, 0.1) is 6.54 Å². The zero-order valence-electron chi connectivity index (χ0n) is 15.8. The first-order chi connectivity index (χ1) is 13.0. The molecule has 1 heterocycles. The third kappa shape index (κ3) is 4.94. The van der Waals surface area contributed by atoms with Crippen LogP contribution in [0.4, 0.5) is 0 Å². The summed E-state index contributed by atoms with van der Waals surface area (Å²) in [7, 11) is 1.68. The molecule has 0 saturated heterocycles. The second-order valence-corrected chi connectivity index (χ2v) is 6.41. The van der Waals surface area contributed by atoms with Crippen molar-refractivity contribution in [2.45, 2.75) is 26.8 Å². The highest BCUT2D eigenvalue weighted by Gasteiger charge is 2.15. The van der Waals surface area contributed by atoms with Crippen LogP contribution in [0.1, 0.15) is 23.9 Å². The van der Waals surface area contributed by atoms with Crippen molar-refractivity contribution in [3.05, 3.63) is 65.5 Å². The van der Waals surface area contributed by atoms with Gasteiger partial charge in [0.25, 0.3) is 5.91 Å². The summed E-state index contributed by atoms with van der Waals surface area (Å²) in [4.78, 5) is 18.1. The Labute approximate surface area is 158 Å². The van der Waals surface area contributed by atoms with Crippen LogP contribution in [0.2, 0.25) is 0 Å². The average molecular weight is 365 g/mol. The van der Waals surface area contributed by atoms with E-state index in [1.54, 1.807) is 7.05 Å². The van der Waals surface area contributed by atoms with E-state index >= 15 is 0 Å². The Bertz CT molecular complexity index is 886. The summed E-state index contributed by atoms with van der Waals surface area (Å²) in [5.41, 5.74) is 3.27. The number of rotatable bonds is 7. The predicted octanol–water partition coefficient (Wildman–Crippen LogP) is 3.64. The molecule has 6 nitrogen and oxygen atoms in total. The van der Waals surface area contributed by atoms with E-state index in [2.05, 4.69) is 17.1 Å². The number of nitrogens with zero attached hydrogens (tertiary/aromatic N) is 3. The van der Waals surface area contributed by atoms with Crippen LogP contribution in [0.3, 0.4) is 0 Å². The van der Waals surface area contributed by atoms with Crippen molar-refractivity contribution in [1.82, 2.24) is 15.0 Å². The van der Waals surface area contributed by atoms with E-state index in [1.165, 1.54) is 10.5 Å². The summed E-state index contributed by atoms with van der Waals surface area (Å²) in [5.74, 6) is 1.41. The lowest BCUT2D eigenvalue weighted by Crippen LogP contribution is -2.31. The Kier molecular flexibility index (Phi) is 5.86.